The van der Waals surface area contributed by atoms with E-state index in [-0.39, 0.29) is 11.7 Å². The number of carbonyl (C=O) groups excluding carboxylic acids is 1. The van der Waals surface area contributed by atoms with Crippen molar-refractivity contribution < 1.29 is 9.53 Å². The molecule has 1 amide bonds. The first-order valence-electron chi connectivity index (χ1n) is 10.6. The molecule has 4 rings (SSSR count). The maximum atomic E-state index is 12.8. The van der Waals surface area contributed by atoms with E-state index in [1.54, 1.807) is 0 Å². The predicted molar refractivity (Wildman–Crippen MR) is 135 cm³/mol. The van der Waals surface area contributed by atoms with E-state index in [1.165, 1.54) is 11.8 Å². The van der Waals surface area contributed by atoms with Gasteiger partial charge in [0.2, 0.25) is 5.91 Å². The highest BCUT2D eigenvalue weighted by atomic mass is 79.9. The molecule has 1 aliphatic rings. The Kier molecular flexibility index (Phi) is 8.08. The third-order valence-corrected chi connectivity index (χ3v) is 6.99. The lowest BCUT2D eigenvalue weighted by molar-refractivity contribution is -0.113. The van der Waals surface area contributed by atoms with E-state index >= 15 is 0 Å². The van der Waals surface area contributed by atoms with Crippen LogP contribution >= 0.6 is 39.3 Å². The fourth-order valence-corrected chi connectivity index (χ4v) is 5.30. The van der Waals surface area contributed by atoms with Crippen LogP contribution in [0.3, 0.4) is 0 Å². The largest absolute Gasteiger partial charge is 0.379 e. The number of halogens is 2. The van der Waals surface area contributed by atoms with Crippen molar-refractivity contribution in [3.63, 3.8) is 0 Å². The van der Waals surface area contributed by atoms with E-state index in [1.807, 2.05) is 54.8 Å². The Morgan fingerprint density at radius 3 is 2.48 bits per heavy atom. The Hall–Kier alpha value is -1.91. The van der Waals surface area contributed by atoms with Gasteiger partial charge < -0.3 is 10.1 Å². The zero-order valence-electron chi connectivity index (χ0n) is 18.5. The number of morpholine rings is 1. The fourth-order valence-electron chi connectivity index (χ4n) is 3.72. The summed E-state index contributed by atoms with van der Waals surface area (Å²) < 4.78 is 8.45. The Bertz CT molecular complexity index is 1110. The molecule has 1 saturated heterocycles. The molecule has 2 aromatic carbocycles. The monoisotopic (exact) mass is 549 g/mol. The summed E-state index contributed by atoms with van der Waals surface area (Å²) in [5, 5.41) is 13.2. The summed E-state index contributed by atoms with van der Waals surface area (Å²) in [5.74, 6) is 0.953. The van der Waals surface area contributed by atoms with Gasteiger partial charge >= 0.3 is 0 Å². The first-order chi connectivity index (χ1) is 15.9. The molecule has 0 radical (unpaired) electrons. The number of rotatable bonds is 7. The Balaban J connectivity index is 1.52. The Morgan fingerprint density at radius 1 is 1.15 bits per heavy atom. The highest BCUT2D eigenvalue weighted by molar-refractivity contribution is 9.10. The number of hydrogen-bond acceptors (Lipinski definition) is 6. The van der Waals surface area contributed by atoms with Crippen molar-refractivity contribution in [1.29, 1.82) is 0 Å². The highest BCUT2D eigenvalue weighted by Crippen LogP contribution is 2.27. The van der Waals surface area contributed by atoms with Crippen LogP contribution in [0.1, 0.15) is 17.0 Å². The van der Waals surface area contributed by atoms with Crippen molar-refractivity contribution >= 4 is 50.9 Å². The predicted octanol–water partition coefficient (Wildman–Crippen LogP) is 4.86. The Labute approximate surface area is 211 Å². The summed E-state index contributed by atoms with van der Waals surface area (Å²) in [6.07, 6.45) is 0. The van der Waals surface area contributed by atoms with Crippen LogP contribution in [-0.2, 0) is 16.1 Å². The smallest absolute Gasteiger partial charge is 0.234 e. The number of aromatic nitrogens is 3. The lowest BCUT2D eigenvalue weighted by atomic mass is 10.1. The van der Waals surface area contributed by atoms with Gasteiger partial charge in [0.05, 0.1) is 25.5 Å². The van der Waals surface area contributed by atoms with Gasteiger partial charge in [-0.15, -0.1) is 10.2 Å². The zero-order chi connectivity index (χ0) is 23.4. The van der Waals surface area contributed by atoms with Gasteiger partial charge in [0.25, 0.3) is 0 Å². The molecule has 1 fully saturated rings. The van der Waals surface area contributed by atoms with Gasteiger partial charge in [0.15, 0.2) is 11.0 Å². The first kappa shape index (κ1) is 24.2. The summed E-state index contributed by atoms with van der Waals surface area (Å²) in [6.45, 7) is 7.75. The van der Waals surface area contributed by atoms with Crippen LogP contribution in [0.2, 0.25) is 5.02 Å². The molecule has 2 heterocycles. The van der Waals surface area contributed by atoms with E-state index in [9.17, 15) is 4.79 Å². The standard InChI is InChI=1S/C23H25BrClN5O2S/c1-15-11-17(24)12-16(2)22(15)26-21(31)14-33-23-28-27-20(13-29-7-9-32-10-8-29)30(23)19-5-3-18(25)4-6-19/h3-6,11-12H,7-10,13-14H2,1-2H3,(H,26,31). The summed E-state index contributed by atoms with van der Waals surface area (Å²) in [7, 11) is 0. The normalized spacial score (nSPS) is 14.4. The number of anilines is 1. The van der Waals surface area contributed by atoms with Gasteiger partial charge in [-0.2, -0.15) is 0 Å². The highest BCUT2D eigenvalue weighted by Gasteiger charge is 2.20. The molecule has 0 bridgehead atoms. The van der Waals surface area contributed by atoms with Gasteiger partial charge in [-0.25, -0.2) is 0 Å². The van der Waals surface area contributed by atoms with Crippen LogP contribution in [0.4, 0.5) is 5.69 Å². The van der Waals surface area contributed by atoms with Gasteiger partial charge in [-0.1, -0.05) is 39.3 Å². The SMILES string of the molecule is Cc1cc(Br)cc(C)c1NC(=O)CSc1nnc(CN2CCOCC2)n1-c1ccc(Cl)cc1. The molecule has 7 nitrogen and oxygen atoms in total. The molecule has 0 saturated carbocycles. The van der Waals surface area contributed by atoms with Crippen LogP contribution in [0.15, 0.2) is 46.0 Å². The van der Waals surface area contributed by atoms with E-state index < -0.39 is 0 Å². The molecule has 10 heteroatoms. The molecule has 1 aromatic heterocycles. The van der Waals surface area contributed by atoms with E-state index in [4.69, 9.17) is 16.3 Å². The minimum atomic E-state index is -0.0890. The molecule has 174 valence electrons. The second kappa shape index (κ2) is 11.0. The third-order valence-electron chi connectivity index (χ3n) is 5.35. The van der Waals surface area contributed by atoms with Crippen LogP contribution in [0, 0.1) is 13.8 Å². The van der Waals surface area contributed by atoms with Crippen LogP contribution in [0.5, 0.6) is 0 Å². The number of nitrogens with zero attached hydrogens (tertiary/aromatic N) is 4. The molecule has 0 spiro atoms. The van der Waals surface area contributed by atoms with Gasteiger partial charge in [-0.05, 0) is 61.4 Å². The van der Waals surface area contributed by atoms with Crippen molar-refractivity contribution in [2.45, 2.75) is 25.5 Å². The van der Waals surface area contributed by atoms with Crippen LogP contribution in [-0.4, -0.2) is 57.6 Å². The van der Waals surface area contributed by atoms with Gasteiger partial charge in [0, 0.05) is 34.0 Å². The summed E-state index contributed by atoms with van der Waals surface area (Å²) in [5.41, 5.74) is 3.78. The maximum Gasteiger partial charge on any atom is 0.234 e. The lowest BCUT2D eigenvalue weighted by Gasteiger charge is -2.26. The van der Waals surface area contributed by atoms with Gasteiger partial charge in [-0.3, -0.25) is 14.3 Å². The van der Waals surface area contributed by atoms with Crippen LogP contribution in [0.25, 0.3) is 5.69 Å². The first-order valence-corrected chi connectivity index (χ1v) is 12.8. The van der Waals surface area contributed by atoms with E-state index in [0.29, 0.717) is 29.9 Å². The second-order valence-corrected chi connectivity index (χ2v) is 10.1. The number of aryl methyl sites for hydroxylation is 2. The molecular formula is C23H25BrClN5O2S. The summed E-state index contributed by atoms with van der Waals surface area (Å²) in [6, 6.07) is 11.5. The number of hydrogen-bond donors (Lipinski definition) is 1. The zero-order valence-corrected chi connectivity index (χ0v) is 21.6. The second-order valence-electron chi connectivity index (χ2n) is 7.85. The molecule has 0 atom stereocenters. The number of carbonyl (C=O) groups is 1. The van der Waals surface area contributed by atoms with Gasteiger partial charge in [0.1, 0.15) is 0 Å². The molecule has 1 aliphatic heterocycles. The van der Waals surface area contributed by atoms with Crippen molar-refractivity contribution in [2.24, 2.45) is 0 Å². The summed E-state index contributed by atoms with van der Waals surface area (Å²) >= 11 is 11.0. The molecule has 3 aromatic rings. The topological polar surface area (TPSA) is 72.3 Å². The number of amides is 1. The minimum absolute atomic E-state index is 0.0890. The molecule has 0 unspecified atom stereocenters. The fraction of sp³-hybridized carbons (Fsp3) is 0.348. The number of thioether (sulfide) groups is 1. The minimum Gasteiger partial charge on any atom is -0.379 e. The van der Waals surface area contributed by atoms with Crippen molar-refractivity contribution in [3.05, 3.63) is 62.8 Å². The average molecular weight is 551 g/mol. The summed E-state index contributed by atoms with van der Waals surface area (Å²) in [4.78, 5) is 15.0. The van der Waals surface area contributed by atoms with Crippen LogP contribution < -0.4 is 5.32 Å². The van der Waals surface area contributed by atoms with Crippen molar-refractivity contribution in [1.82, 2.24) is 19.7 Å². The van der Waals surface area contributed by atoms with Crippen molar-refractivity contribution in [2.75, 3.05) is 37.4 Å². The molecule has 33 heavy (non-hydrogen) atoms. The quantitative estimate of drug-likeness (QED) is 0.424. The van der Waals surface area contributed by atoms with E-state index in [0.717, 1.165) is 45.9 Å². The molecule has 1 N–H and O–H groups in total. The molecular weight excluding hydrogens is 526 g/mol. The van der Waals surface area contributed by atoms with Crippen molar-refractivity contribution in [3.8, 4) is 5.69 Å². The lowest BCUT2D eigenvalue weighted by Crippen LogP contribution is -2.36. The Morgan fingerprint density at radius 2 is 1.82 bits per heavy atom. The number of benzene rings is 2. The maximum absolute atomic E-state index is 12.8. The molecule has 0 aliphatic carbocycles. The average Bonchev–Trinajstić information content (AvgIpc) is 3.18. The van der Waals surface area contributed by atoms with E-state index in [2.05, 4.69) is 36.3 Å². The third kappa shape index (κ3) is 6.16. The number of nitrogens with one attached hydrogen (secondary N) is 1. The number of ether oxygens (including phenoxy) is 1.